The standard InChI is InChI=1S/C17H23N5O2S/c1-17(2,3)24-16(23)22-8-7-19-14-6-5-13(9-12(14)10-22)21-15(25-4)20-11-18/h5-6,9,19H,7-8,10H2,1-4H3,(H,20,21). The van der Waals surface area contributed by atoms with E-state index in [-0.39, 0.29) is 6.09 Å². The molecule has 0 radical (unpaired) electrons. The topological polar surface area (TPSA) is 89.8 Å². The highest BCUT2D eigenvalue weighted by atomic mass is 32.2. The highest BCUT2D eigenvalue weighted by Crippen LogP contribution is 2.27. The second-order valence-electron chi connectivity index (χ2n) is 6.53. The number of nitrogens with zero attached hydrogens (tertiary/aromatic N) is 3. The lowest BCUT2D eigenvalue weighted by atomic mass is 10.1. The molecule has 25 heavy (non-hydrogen) atoms. The van der Waals surface area contributed by atoms with E-state index < -0.39 is 5.60 Å². The molecular formula is C17H23N5O2S. The van der Waals surface area contributed by atoms with Gasteiger partial charge in [-0.1, -0.05) is 11.8 Å². The maximum absolute atomic E-state index is 12.4. The van der Waals surface area contributed by atoms with E-state index in [0.29, 0.717) is 24.8 Å². The monoisotopic (exact) mass is 361 g/mol. The fourth-order valence-corrected chi connectivity index (χ4v) is 2.68. The molecule has 0 aliphatic carbocycles. The number of benzene rings is 1. The van der Waals surface area contributed by atoms with E-state index in [1.807, 2.05) is 51.4 Å². The highest BCUT2D eigenvalue weighted by molar-refractivity contribution is 8.13. The fraction of sp³-hybridized carbons (Fsp3) is 0.471. The first kappa shape index (κ1) is 18.9. The van der Waals surface area contributed by atoms with Crippen molar-refractivity contribution >= 4 is 34.4 Å². The molecule has 2 rings (SSSR count). The molecule has 1 aliphatic heterocycles. The van der Waals surface area contributed by atoms with Crippen LogP contribution in [0.3, 0.4) is 0 Å². The second kappa shape index (κ2) is 8.12. The molecule has 1 aromatic carbocycles. The molecule has 8 heteroatoms. The van der Waals surface area contributed by atoms with Crippen LogP contribution < -0.4 is 10.6 Å². The molecule has 0 unspecified atom stereocenters. The van der Waals surface area contributed by atoms with Crippen molar-refractivity contribution in [3.05, 3.63) is 23.8 Å². The number of amidine groups is 1. The van der Waals surface area contributed by atoms with Gasteiger partial charge >= 0.3 is 6.09 Å². The number of hydrogen-bond donors (Lipinski definition) is 2. The van der Waals surface area contributed by atoms with Crippen LogP contribution in [0.1, 0.15) is 26.3 Å². The lowest BCUT2D eigenvalue weighted by molar-refractivity contribution is 0.0245. The number of fused-ring (bicyclic) bond motifs is 1. The minimum Gasteiger partial charge on any atom is -0.444 e. The number of nitrogens with one attached hydrogen (secondary N) is 2. The Labute approximate surface area is 152 Å². The summed E-state index contributed by atoms with van der Waals surface area (Å²) in [5.74, 6) is 0. The Hall–Kier alpha value is -2.40. The van der Waals surface area contributed by atoms with E-state index in [9.17, 15) is 4.79 Å². The van der Waals surface area contributed by atoms with Crippen molar-refractivity contribution in [1.29, 1.82) is 5.26 Å². The largest absolute Gasteiger partial charge is 0.444 e. The molecule has 7 nitrogen and oxygen atoms in total. The summed E-state index contributed by atoms with van der Waals surface area (Å²) in [5, 5.41) is 15.1. The van der Waals surface area contributed by atoms with Crippen LogP contribution in [0.5, 0.6) is 0 Å². The van der Waals surface area contributed by atoms with Crippen LogP contribution in [0.4, 0.5) is 16.2 Å². The number of thioether (sulfide) groups is 1. The average molecular weight is 361 g/mol. The van der Waals surface area contributed by atoms with Crippen molar-refractivity contribution in [2.45, 2.75) is 32.9 Å². The summed E-state index contributed by atoms with van der Waals surface area (Å²) in [7, 11) is 0. The third-order valence-electron chi connectivity index (χ3n) is 3.39. The Kier molecular flexibility index (Phi) is 6.15. The molecule has 1 aromatic rings. The number of aliphatic imine (C=N–C) groups is 1. The number of carbonyl (C=O) groups is 1. The Morgan fingerprint density at radius 2 is 2.24 bits per heavy atom. The minimum absolute atomic E-state index is 0.327. The minimum atomic E-state index is -0.526. The van der Waals surface area contributed by atoms with Gasteiger partial charge in [0.1, 0.15) is 5.60 Å². The van der Waals surface area contributed by atoms with E-state index in [0.717, 1.165) is 16.9 Å². The summed E-state index contributed by atoms with van der Waals surface area (Å²) in [6.07, 6.45) is 3.39. The zero-order valence-corrected chi connectivity index (χ0v) is 15.7. The summed E-state index contributed by atoms with van der Waals surface area (Å²) >= 11 is 1.36. The molecular weight excluding hydrogens is 338 g/mol. The molecule has 1 aliphatic rings. The van der Waals surface area contributed by atoms with E-state index in [2.05, 4.69) is 15.6 Å². The van der Waals surface area contributed by atoms with Crippen LogP contribution >= 0.6 is 11.8 Å². The molecule has 1 heterocycles. The van der Waals surface area contributed by atoms with Gasteiger partial charge < -0.3 is 15.0 Å². The van der Waals surface area contributed by atoms with Crippen molar-refractivity contribution in [2.75, 3.05) is 24.7 Å². The second-order valence-corrected chi connectivity index (χ2v) is 7.32. The van der Waals surface area contributed by atoms with Crippen LogP contribution in [0, 0.1) is 11.5 Å². The predicted molar refractivity (Wildman–Crippen MR) is 101 cm³/mol. The summed E-state index contributed by atoms with van der Waals surface area (Å²) in [6.45, 7) is 7.23. The van der Waals surface area contributed by atoms with Gasteiger partial charge in [-0.2, -0.15) is 5.26 Å². The van der Waals surface area contributed by atoms with E-state index in [1.165, 1.54) is 11.8 Å². The Bertz CT molecular complexity index is 706. The number of rotatable bonds is 1. The molecule has 134 valence electrons. The van der Waals surface area contributed by atoms with Gasteiger partial charge in [-0.3, -0.25) is 5.32 Å². The summed E-state index contributed by atoms with van der Waals surface area (Å²) in [5.41, 5.74) is 2.13. The van der Waals surface area contributed by atoms with E-state index in [4.69, 9.17) is 10.00 Å². The SMILES string of the molecule is CSC(=Nc1ccc2c(c1)CN(C(=O)OC(C)(C)C)CCN2)NC#N. The normalized spacial score (nSPS) is 14.7. The Morgan fingerprint density at radius 1 is 1.48 bits per heavy atom. The van der Waals surface area contributed by atoms with Gasteiger partial charge in [-0.05, 0) is 50.8 Å². The van der Waals surface area contributed by atoms with Crippen LogP contribution in [0.15, 0.2) is 23.2 Å². The third kappa shape index (κ3) is 5.57. The first-order chi connectivity index (χ1) is 11.8. The van der Waals surface area contributed by atoms with Crippen LogP contribution in [0.2, 0.25) is 0 Å². The number of carbonyl (C=O) groups excluding carboxylic acids is 1. The molecule has 0 bridgehead atoms. The molecule has 0 aromatic heterocycles. The van der Waals surface area contributed by atoms with Crippen LogP contribution in [0.25, 0.3) is 0 Å². The van der Waals surface area contributed by atoms with Crippen molar-refractivity contribution < 1.29 is 9.53 Å². The quantitative estimate of drug-likeness (QED) is 0.345. The van der Waals surface area contributed by atoms with Gasteiger partial charge in [0.25, 0.3) is 0 Å². The van der Waals surface area contributed by atoms with E-state index >= 15 is 0 Å². The fourth-order valence-electron chi connectivity index (χ4n) is 2.34. The number of hydrogen-bond acceptors (Lipinski definition) is 6. The van der Waals surface area contributed by atoms with Crippen LogP contribution in [-0.2, 0) is 11.3 Å². The number of ether oxygens (including phenoxy) is 1. The smallest absolute Gasteiger partial charge is 0.410 e. The zero-order chi connectivity index (χ0) is 18.4. The van der Waals surface area contributed by atoms with Gasteiger partial charge in [-0.25, -0.2) is 9.79 Å². The van der Waals surface area contributed by atoms with Gasteiger partial charge in [0, 0.05) is 18.8 Å². The Morgan fingerprint density at radius 3 is 2.88 bits per heavy atom. The Balaban J connectivity index is 2.23. The van der Waals surface area contributed by atoms with Crippen LogP contribution in [-0.4, -0.2) is 41.1 Å². The summed E-state index contributed by atoms with van der Waals surface area (Å²) in [4.78, 5) is 18.5. The summed E-state index contributed by atoms with van der Waals surface area (Å²) < 4.78 is 5.47. The van der Waals surface area contributed by atoms with Crippen molar-refractivity contribution in [1.82, 2.24) is 10.2 Å². The molecule has 0 atom stereocenters. The molecule has 1 amide bonds. The molecule has 0 saturated heterocycles. The first-order valence-corrected chi connectivity index (χ1v) is 9.17. The number of nitriles is 1. The maximum atomic E-state index is 12.4. The van der Waals surface area contributed by atoms with Crippen molar-refractivity contribution in [3.8, 4) is 6.19 Å². The third-order valence-corrected chi connectivity index (χ3v) is 3.97. The predicted octanol–water partition coefficient (Wildman–Crippen LogP) is 3.27. The lowest BCUT2D eigenvalue weighted by Gasteiger charge is -2.26. The van der Waals surface area contributed by atoms with Gasteiger partial charge in [0.05, 0.1) is 12.2 Å². The highest BCUT2D eigenvalue weighted by Gasteiger charge is 2.24. The van der Waals surface area contributed by atoms with Crippen molar-refractivity contribution in [3.63, 3.8) is 0 Å². The van der Waals surface area contributed by atoms with Crippen molar-refractivity contribution in [2.24, 2.45) is 4.99 Å². The molecule has 2 N–H and O–H groups in total. The number of amides is 1. The lowest BCUT2D eigenvalue weighted by Crippen LogP contribution is -2.37. The summed E-state index contributed by atoms with van der Waals surface area (Å²) in [6, 6.07) is 5.74. The zero-order valence-electron chi connectivity index (χ0n) is 14.9. The molecule has 0 spiro atoms. The molecule has 0 saturated carbocycles. The van der Waals surface area contributed by atoms with Gasteiger partial charge in [0.15, 0.2) is 11.4 Å². The maximum Gasteiger partial charge on any atom is 0.410 e. The van der Waals surface area contributed by atoms with Gasteiger partial charge in [-0.15, -0.1) is 0 Å². The van der Waals surface area contributed by atoms with E-state index in [1.54, 1.807) is 4.90 Å². The molecule has 0 fully saturated rings. The first-order valence-electron chi connectivity index (χ1n) is 7.95. The van der Waals surface area contributed by atoms with Gasteiger partial charge in [0.2, 0.25) is 0 Å². The number of anilines is 1. The average Bonchev–Trinajstić information content (AvgIpc) is 2.74.